The van der Waals surface area contributed by atoms with E-state index in [1.807, 2.05) is 0 Å². The molecule has 1 aliphatic rings. The molecule has 6 nitrogen and oxygen atoms in total. The molecule has 2 N–H and O–H groups in total. The van der Waals surface area contributed by atoms with Crippen molar-refractivity contribution >= 4 is 5.97 Å². The highest BCUT2D eigenvalue weighted by atomic mass is 19.1. The van der Waals surface area contributed by atoms with Crippen molar-refractivity contribution in [1.82, 2.24) is 0 Å². The Bertz CT molecular complexity index is 469. The molecule has 0 amide bonds. The van der Waals surface area contributed by atoms with Crippen LogP contribution in [0, 0.1) is 5.82 Å². The van der Waals surface area contributed by atoms with Crippen LogP contribution in [0.3, 0.4) is 0 Å². The van der Waals surface area contributed by atoms with E-state index in [1.54, 1.807) is 0 Å². The average Bonchev–Trinajstić information content (AvgIpc) is 2.73. The van der Waals surface area contributed by atoms with Crippen molar-refractivity contribution in [2.75, 3.05) is 13.9 Å². The number of halogens is 1. The van der Waals surface area contributed by atoms with Crippen molar-refractivity contribution < 1.29 is 33.6 Å². The van der Waals surface area contributed by atoms with Crippen molar-refractivity contribution in [3.8, 4) is 17.2 Å². The maximum atomic E-state index is 13.6. The first-order chi connectivity index (χ1) is 8.06. The molecular formula is C10H9FO6. The van der Waals surface area contributed by atoms with Crippen LogP contribution in [0.4, 0.5) is 4.39 Å². The Kier molecular flexibility index (Phi) is 2.76. The number of aliphatic hydroxyl groups is 1. The smallest absolute Gasteiger partial charge is 0.337 e. The summed E-state index contributed by atoms with van der Waals surface area (Å²) in [6.45, 7) is -0.165. The molecular weight excluding hydrogens is 235 g/mol. The topological polar surface area (TPSA) is 85.2 Å². The van der Waals surface area contributed by atoms with Crippen molar-refractivity contribution in [3.05, 3.63) is 17.4 Å². The maximum absolute atomic E-state index is 13.6. The molecule has 0 saturated carbocycles. The van der Waals surface area contributed by atoms with Gasteiger partial charge in [-0.3, -0.25) is 0 Å². The van der Waals surface area contributed by atoms with Crippen molar-refractivity contribution in [3.63, 3.8) is 0 Å². The summed E-state index contributed by atoms with van der Waals surface area (Å²) < 4.78 is 28.2. The molecule has 1 unspecified atom stereocenters. The summed E-state index contributed by atoms with van der Waals surface area (Å²) in [6.07, 6.45) is -1.95. The molecule has 92 valence electrons. The fourth-order valence-electron chi connectivity index (χ4n) is 1.60. The van der Waals surface area contributed by atoms with E-state index < -0.39 is 17.9 Å². The number of benzene rings is 1. The Morgan fingerprint density at radius 3 is 2.88 bits per heavy atom. The van der Waals surface area contributed by atoms with Crippen LogP contribution >= 0.6 is 0 Å². The van der Waals surface area contributed by atoms with Gasteiger partial charge in [0.25, 0.3) is 0 Å². The quantitative estimate of drug-likeness (QED) is 0.813. The summed E-state index contributed by atoms with van der Waals surface area (Å²) in [5, 5.41) is 18.3. The lowest BCUT2D eigenvalue weighted by Crippen LogP contribution is -2.13. The van der Waals surface area contributed by atoms with Crippen LogP contribution in [0.5, 0.6) is 17.2 Å². The number of methoxy groups -OCH3 is 1. The summed E-state index contributed by atoms with van der Waals surface area (Å²) in [4.78, 5) is 10.8. The fraction of sp³-hybridized carbons (Fsp3) is 0.300. The highest BCUT2D eigenvalue weighted by molar-refractivity contribution is 5.78. The highest BCUT2D eigenvalue weighted by Crippen LogP contribution is 2.45. The number of hydrogen-bond donors (Lipinski definition) is 2. The summed E-state index contributed by atoms with van der Waals surface area (Å²) in [5.74, 6) is -2.71. The van der Waals surface area contributed by atoms with Gasteiger partial charge in [0.05, 0.1) is 12.7 Å². The second-order valence-corrected chi connectivity index (χ2v) is 3.28. The van der Waals surface area contributed by atoms with Crippen LogP contribution in [0.15, 0.2) is 6.07 Å². The second-order valence-electron chi connectivity index (χ2n) is 3.28. The highest BCUT2D eigenvalue weighted by Gasteiger charge is 2.32. The third-order valence-corrected chi connectivity index (χ3v) is 2.32. The Morgan fingerprint density at radius 1 is 1.59 bits per heavy atom. The molecule has 0 radical (unpaired) electrons. The van der Waals surface area contributed by atoms with Gasteiger partial charge in [0.1, 0.15) is 0 Å². The number of carboxylic acids is 1. The van der Waals surface area contributed by atoms with E-state index in [9.17, 15) is 14.3 Å². The standard InChI is InChI=1S/C10H9FO6/c1-15-8-4(11)2-5-9(17-3-16-5)6(8)7(12)10(13)14/h2,7,12H,3H2,1H3,(H,13,14). The van der Waals surface area contributed by atoms with Gasteiger partial charge in [0.2, 0.25) is 6.79 Å². The Hall–Kier alpha value is -2.02. The number of ether oxygens (including phenoxy) is 3. The van der Waals surface area contributed by atoms with Gasteiger partial charge in [0, 0.05) is 6.07 Å². The minimum atomic E-state index is -1.95. The van der Waals surface area contributed by atoms with E-state index in [0.717, 1.165) is 6.07 Å². The zero-order chi connectivity index (χ0) is 12.6. The van der Waals surface area contributed by atoms with Crippen molar-refractivity contribution in [2.45, 2.75) is 6.10 Å². The summed E-state index contributed by atoms with van der Waals surface area (Å²) >= 11 is 0. The molecule has 1 aliphatic heterocycles. The lowest BCUT2D eigenvalue weighted by Gasteiger charge is -2.14. The summed E-state index contributed by atoms with van der Waals surface area (Å²) in [5.41, 5.74) is -0.285. The van der Waals surface area contributed by atoms with Crippen LogP contribution in [-0.2, 0) is 4.79 Å². The maximum Gasteiger partial charge on any atom is 0.337 e. The first kappa shape index (κ1) is 11.5. The molecule has 17 heavy (non-hydrogen) atoms. The van der Waals surface area contributed by atoms with Crippen LogP contribution in [0.1, 0.15) is 11.7 Å². The van der Waals surface area contributed by atoms with Crippen LogP contribution in [-0.4, -0.2) is 30.1 Å². The molecule has 1 atom stereocenters. The van der Waals surface area contributed by atoms with Crippen LogP contribution in [0.25, 0.3) is 0 Å². The lowest BCUT2D eigenvalue weighted by atomic mass is 10.1. The number of hydrogen-bond acceptors (Lipinski definition) is 5. The van der Waals surface area contributed by atoms with Crippen LogP contribution in [0.2, 0.25) is 0 Å². The second kappa shape index (κ2) is 4.10. The van der Waals surface area contributed by atoms with Gasteiger partial charge in [0.15, 0.2) is 29.2 Å². The molecule has 1 aromatic rings. The number of aliphatic carboxylic acids is 1. The number of aliphatic hydroxyl groups excluding tert-OH is 1. The largest absolute Gasteiger partial charge is 0.493 e. The van der Waals surface area contributed by atoms with E-state index in [4.69, 9.17) is 19.3 Å². The lowest BCUT2D eigenvalue weighted by molar-refractivity contribution is -0.147. The predicted octanol–water partition coefficient (Wildman–Crippen LogP) is 0.681. The Labute approximate surface area is 95.1 Å². The molecule has 0 bridgehead atoms. The molecule has 0 aliphatic carbocycles. The number of rotatable bonds is 3. The predicted molar refractivity (Wildman–Crippen MR) is 51.7 cm³/mol. The van der Waals surface area contributed by atoms with Gasteiger partial charge in [-0.05, 0) is 0 Å². The van der Waals surface area contributed by atoms with Crippen molar-refractivity contribution in [2.24, 2.45) is 0 Å². The van der Waals surface area contributed by atoms with Gasteiger partial charge in [-0.25, -0.2) is 9.18 Å². The summed E-state index contributed by atoms with van der Waals surface area (Å²) in [6, 6.07) is 1.01. The monoisotopic (exact) mass is 244 g/mol. The van der Waals surface area contributed by atoms with E-state index in [0.29, 0.717) is 0 Å². The molecule has 0 spiro atoms. The average molecular weight is 244 g/mol. The van der Waals surface area contributed by atoms with E-state index >= 15 is 0 Å². The minimum absolute atomic E-state index is 0.0156. The first-order valence-electron chi connectivity index (χ1n) is 4.63. The van der Waals surface area contributed by atoms with Crippen molar-refractivity contribution in [1.29, 1.82) is 0 Å². The van der Waals surface area contributed by atoms with E-state index in [2.05, 4.69) is 0 Å². The van der Waals surface area contributed by atoms with Gasteiger partial charge in [-0.15, -0.1) is 0 Å². The number of carbonyl (C=O) groups is 1. The molecule has 2 rings (SSSR count). The fourth-order valence-corrected chi connectivity index (χ4v) is 1.60. The third kappa shape index (κ3) is 1.74. The first-order valence-corrected chi connectivity index (χ1v) is 4.63. The van der Waals surface area contributed by atoms with Gasteiger partial charge >= 0.3 is 5.97 Å². The number of fused-ring (bicyclic) bond motifs is 1. The minimum Gasteiger partial charge on any atom is -0.493 e. The summed E-state index contributed by atoms with van der Waals surface area (Å²) in [7, 11) is 1.17. The molecule has 0 aromatic heterocycles. The SMILES string of the molecule is COc1c(F)cc2c(c1C(O)C(=O)O)OCO2. The molecule has 1 aromatic carbocycles. The molecule has 7 heteroatoms. The van der Waals surface area contributed by atoms with Gasteiger partial charge in [-0.2, -0.15) is 0 Å². The molecule has 0 fully saturated rings. The normalized spacial score (nSPS) is 14.5. The van der Waals surface area contributed by atoms with Crippen LogP contribution < -0.4 is 14.2 Å². The third-order valence-electron chi connectivity index (χ3n) is 2.32. The number of carboxylic acid groups (broad SMARTS) is 1. The van der Waals surface area contributed by atoms with E-state index in [1.165, 1.54) is 7.11 Å². The van der Waals surface area contributed by atoms with Gasteiger partial charge in [-0.1, -0.05) is 0 Å². The molecule has 0 saturated heterocycles. The Balaban J connectivity index is 2.65. The zero-order valence-electron chi connectivity index (χ0n) is 8.77. The van der Waals surface area contributed by atoms with E-state index in [-0.39, 0.29) is 29.6 Å². The Morgan fingerprint density at radius 2 is 2.29 bits per heavy atom. The molecule has 1 heterocycles. The van der Waals surface area contributed by atoms with Gasteiger partial charge < -0.3 is 24.4 Å². The zero-order valence-corrected chi connectivity index (χ0v) is 8.77.